The van der Waals surface area contributed by atoms with Gasteiger partial charge >= 0.3 is 5.97 Å². The van der Waals surface area contributed by atoms with Gasteiger partial charge in [-0.15, -0.1) is 0 Å². The number of rotatable bonds is 22. The van der Waals surface area contributed by atoms with Crippen LogP contribution in [-0.4, -0.2) is 16.9 Å². The molecule has 0 aliphatic heterocycles. The van der Waals surface area contributed by atoms with E-state index in [4.69, 9.17) is 0 Å². The highest BCUT2D eigenvalue weighted by Gasteiger charge is 2.24. The van der Waals surface area contributed by atoms with E-state index in [1.165, 1.54) is 70.6 Å². The van der Waals surface area contributed by atoms with Gasteiger partial charge in [0, 0.05) is 6.42 Å². The van der Waals surface area contributed by atoms with Gasteiger partial charge in [0.25, 0.3) is 0 Å². The molecule has 0 spiro atoms. The largest absolute Gasteiger partial charge is 0.481 e. The van der Waals surface area contributed by atoms with Crippen molar-refractivity contribution >= 4 is 11.8 Å². The maximum absolute atomic E-state index is 12.2. The second-order valence-corrected chi connectivity index (χ2v) is 9.38. The van der Waals surface area contributed by atoms with Crippen LogP contribution in [0.15, 0.2) is 0 Å². The fourth-order valence-corrected chi connectivity index (χ4v) is 3.99. The number of hydrogen-bond donors (Lipinski definition) is 1. The predicted octanol–water partition coefficient (Wildman–Crippen LogP) is 8.34. The van der Waals surface area contributed by atoms with Crippen molar-refractivity contribution in [2.45, 2.75) is 143 Å². The smallest absolute Gasteiger partial charge is 0.314 e. The number of aliphatic carboxylic acids is 1. The van der Waals surface area contributed by atoms with Gasteiger partial charge in [0.1, 0.15) is 11.7 Å². The van der Waals surface area contributed by atoms with Gasteiger partial charge in [-0.3, -0.25) is 9.59 Å². The number of Topliss-reactive ketones (excluding diaryl/α,β-unsaturated/α-hetero) is 1. The van der Waals surface area contributed by atoms with E-state index in [1.54, 1.807) is 0 Å². The number of carboxylic acid groups (broad SMARTS) is 1. The second-order valence-electron chi connectivity index (χ2n) is 9.38. The molecule has 0 amide bonds. The third-order valence-corrected chi connectivity index (χ3v) is 5.99. The quantitative estimate of drug-likeness (QED) is 0.144. The average molecular weight is 411 g/mol. The number of ketones is 1. The van der Waals surface area contributed by atoms with Crippen molar-refractivity contribution < 1.29 is 14.7 Å². The molecular formula is C26H50O3. The fraction of sp³-hybridized carbons (Fsp3) is 0.923. The summed E-state index contributed by atoms with van der Waals surface area (Å²) in [5.74, 6) is -0.895. The van der Waals surface area contributed by atoms with Crippen molar-refractivity contribution in [3.05, 3.63) is 0 Å². The number of hydrogen-bond acceptors (Lipinski definition) is 2. The molecule has 0 heterocycles. The molecule has 0 aromatic heterocycles. The van der Waals surface area contributed by atoms with Gasteiger partial charge in [0.15, 0.2) is 0 Å². The van der Waals surface area contributed by atoms with Crippen LogP contribution in [0.5, 0.6) is 0 Å². The summed E-state index contributed by atoms with van der Waals surface area (Å²) < 4.78 is 0. The highest BCUT2D eigenvalue weighted by Crippen LogP contribution is 2.17. The average Bonchev–Trinajstić information content (AvgIpc) is 2.67. The van der Waals surface area contributed by atoms with Crippen molar-refractivity contribution in [1.82, 2.24) is 0 Å². The number of unbranched alkanes of at least 4 members (excludes halogenated alkanes) is 14. The van der Waals surface area contributed by atoms with E-state index >= 15 is 0 Å². The zero-order chi connectivity index (χ0) is 21.7. The SMILES string of the molecule is CCCCCCC(C(=O)O)C(=O)CCCCCCCCCCCCCCC(C)C. The Morgan fingerprint density at radius 2 is 1.03 bits per heavy atom. The van der Waals surface area contributed by atoms with Gasteiger partial charge in [0.05, 0.1) is 0 Å². The molecule has 0 rings (SSSR count). The first-order valence-electron chi connectivity index (χ1n) is 12.7. The zero-order valence-electron chi connectivity index (χ0n) is 19.9. The lowest BCUT2D eigenvalue weighted by molar-refractivity contribution is -0.146. The molecule has 0 aliphatic carbocycles. The summed E-state index contributed by atoms with van der Waals surface area (Å²) in [5, 5.41) is 9.31. The predicted molar refractivity (Wildman–Crippen MR) is 124 cm³/mol. The molecule has 172 valence electrons. The van der Waals surface area contributed by atoms with Gasteiger partial charge in [-0.2, -0.15) is 0 Å². The Bertz CT molecular complexity index is 389. The highest BCUT2D eigenvalue weighted by molar-refractivity contribution is 5.98. The van der Waals surface area contributed by atoms with Gasteiger partial charge in [-0.25, -0.2) is 0 Å². The monoisotopic (exact) mass is 410 g/mol. The van der Waals surface area contributed by atoms with E-state index in [0.29, 0.717) is 12.8 Å². The van der Waals surface area contributed by atoms with Gasteiger partial charge in [-0.1, -0.05) is 124 Å². The molecule has 0 radical (unpaired) electrons. The summed E-state index contributed by atoms with van der Waals surface area (Å²) >= 11 is 0. The van der Waals surface area contributed by atoms with Crippen molar-refractivity contribution in [2.24, 2.45) is 11.8 Å². The molecule has 3 nitrogen and oxygen atoms in total. The van der Waals surface area contributed by atoms with Crippen LogP contribution < -0.4 is 0 Å². The topological polar surface area (TPSA) is 54.4 Å². The summed E-state index contributed by atoms with van der Waals surface area (Å²) in [6.45, 7) is 6.75. The van der Waals surface area contributed by atoms with Crippen LogP contribution in [0.3, 0.4) is 0 Å². The Balaban J connectivity index is 3.49. The number of carbonyl (C=O) groups excluding carboxylic acids is 1. The van der Waals surface area contributed by atoms with Gasteiger partial charge in [0.2, 0.25) is 0 Å². The van der Waals surface area contributed by atoms with Gasteiger partial charge < -0.3 is 5.11 Å². The first-order chi connectivity index (χ1) is 14.0. The molecule has 0 bridgehead atoms. The first-order valence-corrected chi connectivity index (χ1v) is 12.7. The molecule has 3 heteroatoms. The van der Waals surface area contributed by atoms with Crippen LogP contribution in [0.2, 0.25) is 0 Å². The normalized spacial score (nSPS) is 12.4. The van der Waals surface area contributed by atoms with Crippen molar-refractivity contribution in [3.8, 4) is 0 Å². The summed E-state index contributed by atoms with van der Waals surface area (Å²) in [5.41, 5.74) is 0. The Morgan fingerprint density at radius 1 is 0.621 bits per heavy atom. The van der Waals surface area contributed by atoms with Crippen LogP contribution >= 0.6 is 0 Å². The van der Waals surface area contributed by atoms with E-state index in [9.17, 15) is 14.7 Å². The van der Waals surface area contributed by atoms with Crippen molar-refractivity contribution in [1.29, 1.82) is 0 Å². The summed E-state index contributed by atoms with van der Waals surface area (Å²) in [6, 6.07) is 0. The maximum atomic E-state index is 12.2. The van der Waals surface area contributed by atoms with E-state index in [1.807, 2.05) is 0 Å². The van der Waals surface area contributed by atoms with Crippen LogP contribution in [0.25, 0.3) is 0 Å². The molecule has 0 fully saturated rings. The molecule has 0 saturated heterocycles. The zero-order valence-corrected chi connectivity index (χ0v) is 19.9. The minimum atomic E-state index is -0.925. The van der Waals surface area contributed by atoms with E-state index < -0.39 is 11.9 Å². The molecule has 1 atom stereocenters. The Kier molecular flexibility index (Phi) is 19.8. The minimum absolute atomic E-state index is 0.0533. The molecule has 1 N–H and O–H groups in total. The van der Waals surface area contributed by atoms with Crippen molar-refractivity contribution in [3.63, 3.8) is 0 Å². The summed E-state index contributed by atoms with van der Waals surface area (Å²) in [6.07, 6.45) is 21.8. The lowest BCUT2D eigenvalue weighted by atomic mass is 9.93. The van der Waals surface area contributed by atoms with Gasteiger partial charge in [-0.05, 0) is 18.8 Å². The Hall–Kier alpha value is -0.860. The first kappa shape index (κ1) is 28.1. The summed E-state index contributed by atoms with van der Waals surface area (Å²) in [4.78, 5) is 23.5. The molecule has 0 saturated carbocycles. The second kappa shape index (κ2) is 20.4. The molecular weight excluding hydrogens is 360 g/mol. The van der Waals surface area contributed by atoms with Crippen LogP contribution in [0, 0.1) is 11.8 Å². The standard InChI is InChI=1S/C26H50O3/c1-4-5-6-18-21-24(26(28)29)25(27)22-19-16-14-12-10-8-7-9-11-13-15-17-20-23(2)3/h23-24H,4-22H2,1-3H3,(H,28,29). The molecule has 1 unspecified atom stereocenters. The Morgan fingerprint density at radius 3 is 1.48 bits per heavy atom. The third-order valence-electron chi connectivity index (χ3n) is 5.99. The number of carboxylic acids is 1. The van der Waals surface area contributed by atoms with E-state index in [0.717, 1.165) is 44.4 Å². The van der Waals surface area contributed by atoms with Crippen LogP contribution in [-0.2, 0) is 9.59 Å². The summed E-state index contributed by atoms with van der Waals surface area (Å²) in [7, 11) is 0. The molecule has 29 heavy (non-hydrogen) atoms. The fourth-order valence-electron chi connectivity index (χ4n) is 3.99. The molecule has 0 aliphatic rings. The van der Waals surface area contributed by atoms with E-state index in [2.05, 4.69) is 20.8 Å². The third kappa shape index (κ3) is 18.9. The van der Waals surface area contributed by atoms with Crippen LogP contribution in [0.1, 0.15) is 143 Å². The Labute approximate surface area is 181 Å². The number of carbonyl (C=O) groups is 2. The molecule has 0 aromatic rings. The minimum Gasteiger partial charge on any atom is -0.481 e. The maximum Gasteiger partial charge on any atom is 0.314 e. The lowest BCUT2D eigenvalue weighted by Gasteiger charge is -2.11. The van der Waals surface area contributed by atoms with Crippen LogP contribution in [0.4, 0.5) is 0 Å². The van der Waals surface area contributed by atoms with Crippen molar-refractivity contribution in [2.75, 3.05) is 0 Å². The molecule has 0 aromatic carbocycles. The highest BCUT2D eigenvalue weighted by atomic mass is 16.4. The van der Waals surface area contributed by atoms with E-state index in [-0.39, 0.29) is 5.78 Å². The lowest BCUT2D eigenvalue weighted by Crippen LogP contribution is -2.23.